The molecule has 1 N–H and O–H groups in total. The Hall–Kier alpha value is -3.43. The van der Waals surface area contributed by atoms with E-state index in [-0.39, 0.29) is 11.7 Å². The van der Waals surface area contributed by atoms with E-state index in [1.165, 1.54) is 12.1 Å². The standard InChI is InChI=1S/C26H25F4N3O2/c27-21-8-6-19(16-23(21)29)25(18-4-2-1-3-5-18)35-15-14-32-10-12-33(13-11-32)26(34)31-20-7-9-22(28)24(30)17-20/h1-9,16-17,25H,10-15H2,(H,31,34). The SMILES string of the molecule is O=C(Nc1ccc(F)c(F)c1)N1CCN(CCOC(c2ccccc2)c2ccc(F)c(F)c2)CC1. The molecule has 0 aromatic heterocycles. The summed E-state index contributed by atoms with van der Waals surface area (Å²) < 4.78 is 59.8. The Kier molecular flexibility index (Phi) is 7.99. The molecule has 184 valence electrons. The summed E-state index contributed by atoms with van der Waals surface area (Å²) in [6.07, 6.45) is -0.547. The number of ether oxygens (including phenoxy) is 1. The van der Waals surface area contributed by atoms with Crippen molar-refractivity contribution < 1.29 is 27.1 Å². The highest BCUT2D eigenvalue weighted by Gasteiger charge is 2.22. The van der Waals surface area contributed by atoms with Crippen molar-refractivity contribution >= 4 is 11.7 Å². The lowest BCUT2D eigenvalue weighted by Crippen LogP contribution is -2.50. The lowest BCUT2D eigenvalue weighted by atomic mass is 10.0. The Morgan fingerprint density at radius 1 is 0.800 bits per heavy atom. The number of urea groups is 1. The summed E-state index contributed by atoms with van der Waals surface area (Å²) in [6.45, 7) is 3.07. The van der Waals surface area contributed by atoms with E-state index < -0.39 is 29.4 Å². The van der Waals surface area contributed by atoms with Crippen molar-refractivity contribution in [2.45, 2.75) is 6.10 Å². The Balaban J connectivity index is 1.29. The van der Waals surface area contributed by atoms with E-state index in [9.17, 15) is 22.4 Å². The van der Waals surface area contributed by atoms with Crippen LogP contribution in [0.25, 0.3) is 0 Å². The first-order valence-electron chi connectivity index (χ1n) is 11.3. The van der Waals surface area contributed by atoms with Gasteiger partial charge in [-0.05, 0) is 35.4 Å². The minimum absolute atomic E-state index is 0.189. The fourth-order valence-electron chi connectivity index (χ4n) is 3.94. The van der Waals surface area contributed by atoms with Gasteiger partial charge in [-0.3, -0.25) is 4.90 Å². The van der Waals surface area contributed by atoms with Gasteiger partial charge in [0.05, 0.1) is 6.61 Å². The minimum Gasteiger partial charge on any atom is -0.367 e. The van der Waals surface area contributed by atoms with Crippen LogP contribution >= 0.6 is 0 Å². The summed E-state index contributed by atoms with van der Waals surface area (Å²) in [5, 5.41) is 2.58. The van der Waals surface area contributed by atoms with Crippen LogP contribution in [0, 0.1) is 23.3 Å². The summed E-state index contributed by atoms with van der Waals surface area (Å²) in [4.78, 5) is 16.2. The highest BCUT2D eigenvalue weighted by atomic mass is 19.2. The molecule has 4 rings (SSSR count). The topological polar surface area (TPSA) is 44.8 Å². The molecule has 0 radical (unpaired) electrons. The van der Waals surface area contributed by atoms with Gasteiger partial charge in [0, 0.05) is 44.5 Å². The van der Waals surface area contributed by atoms with E-state index in [1.54, 1.807) is 4.90 Å². The molecule has 1 atom stereocenters. The van der Waals surface area contributed by atoms with Crippen LogP contribution in [0.5, 0.6) is 0 Å². The number of amides is 2. The zero-order valence-corrected chi connectivity index (χ0v) is 18.9. The van der Waals surface area contributed by atoms with Gasteiger partial charge in [0.25, 0.3) is 0 Å². The molecular weight excluding hydrogens is 462 g/mol. The Morgan fingerprint density at radius 2 is 1.46 bits per heavy atom. The molecule has 0 saturated carbocycles. The van der Waals surface area contributed by atoms with Crippen LogP contribution in [-0.4, -0.2) is 55.2 Å². The van der Waals surface area contributed by atoms with Crippen molar-refractivity contribution in [3.8, 4) is 0 Å². The number of rotatable bonds is 7. The van der Waals surface area contributed by atoms with E-state index in [0.717, 1.165) is 29.8 Å². The van der Waals surface area contributed by atoms with Crippen molar-refractivity contribution in [1.82, 2.24) is 9.80 Å². The summed E-state index contributed by atoms with van der Waals surface area (Å²) in [7, 11) is 0. The van der Waals surface area contributed by atoms with E-state index >= 15 is 0 Å². The summed E-state index contributed by atoms with van der Waals surface area (Å²) in [5.41, 5.74) is 1.54. The average molecular weight is 487 g/mol. The monoisotopic (exact) mass is 487 g/mol. The molecule has 0 aliphatic carbocycles. The van der Waals surface area contributed by atoms with Gasteiger partial charge in [0.1, 0.15) is 6.10 Å². The number of carbonyl (C=O) groups is 1. The third-order valence-corrected chi connectivity index (χ3v) is 5.87. The molecule has 1 aliphatic rings. The highest BCUT2D eigenvalue weighted by molar-refractivity contribution is 5.89. The lowest BCUT2D eigenvalue weighted by molar-refractivity contribution is 0.0496. The molecule has 1 heterocycles. The maximum atomic E-state index is 13.8. The molecule has 5 nitrogen and oxygen atoms in total. The second-order valence-corrected chi connectivity index (χ2v) is 8.22. The molecule has 35 heavy (non-hydrogen) atoms. The molecule has 2 amide bonds. The summed E-state index contributed by atoms with van der Waals surface area (Å²) in [5.74, 6) is -3.83. The smallest absolute Gasteiger partial charge is 0.321 e. The molecule has 1 fully saturated rings. The number of piperazine rings is 1. The van der Waals surface area contributed by atoms with Crippen molar-refractivity contribution in [2.24, 2.45) is 0 Å². The number of nitrogens with zero attached hydrogens (tertiary/aromatic N) is 2. The molecular formula is C26H25F4N3O2. The van der Waals surface area contributed by atoms with Gasteiger partial charge in [-0.25, -0.2) is 22.4 Å². The van der Waals surface area contributed by atoms with Crippen molar-refractivity contribution in [3.63, 3.8) is 0 Å². The predicted molar refractivity (Wildman–Crippen MR) is 124 cm³/mol. The third-order valence-electron chi connectivity index (χ3n) is 5.87. The predicted octanol–water partition coefficient (Wildman–Crippen LogP) is 5.20. The van der Waals surface area contributed by atoms with Crippen LogP contribution in [-0.2, 0) is 4.74 Å². The fourth-order valence-corrected chi connectivity index (χ4v) is 3.94. The van der Waals surface area contributed by atoms with Crippen LogP contribution in [0.1, 0.15) is 17.2 Å². The van der Waals surface area contributed by atoms with Gasteiger partial charge >= 0.3 is 6.03 Å². The van der Waals surface area contributed by atoms with E-state index in [2.05, 4.69) is 10.2 Å². The average Bonchev–Trinajstić information content (AvgIpc) is 2.87. The van der Waals surface area contributed by atoms with Gasteiger partial charge < -0.3 is 15.0 Å². The number of carbonyl (C=O) groups excluding carboxylic acids is 1. The second-order valence-electron chi connectivity index (χ2n) is 8.22. The quantitative estimate of drug-likeness (QED) is 0.466. The molecule has 3 aromatic rings. The molecule has 0 bridgehead atoms. The molecule has 9 heteroatoms. The van der Waals surface area contributed by atoms with Crippen LogP contribution in [0.2, 0.25) is 0 Å². The van der Waals surface area contributed by atoms with Crippen LogP contribution < -0.4 is 5.32 Å². The molecule has 0 spiro atoms. The van der Waals surface area contributed by atoms with E-state index in [0.29, 0.717) is 44.9 Å². The second kappa shape index (κ2) is 11.3. The minimum atomic E-state index is -1.02. The number of nitrogens with one attached hydrogen (secondary N) is 1. The van der Waals surface area contributed by atoms with Gasteiger partial charge in [-0.2, -0.15) is 0 Å². The van der Waals surface area contributed by atoms with Crippen molar-refractivity contribution in [3.05, 3.63) is 101 Å². The third kappa shape index (κ3) is 6.37. The van der Waals surface area contributed by atoms with E-state index in [1.807, 2.05) is 30.3 Å². The Labute approximate surface area is 200 Å². The highest BCUT2D eigenvalue weighted by Crippen LogP contribution is 2.27. The van der Waals surface area contributed by atoms with Crippen LogP contribution in [0.3, 0.4) is 0 Å². The maximum Gasteiger partial charge on any atom is 0.321 e. The number of anilines is 1. The van der Waals surface area contributed by atoms with Crippen molar-refractivity contribution in [2.75, 3.05) is 44.6 Å². The normalized spacial score (nSPS) is 15.1. The number of hydrogen-bond donors (Lipinski definition) is 1. The first kappa shape index (κ1) is 24.7. The Morgan fingerprint density at radius 3 is 2.11 bits per heavy atom. The molecule has 1 saturated heterocycles. The van der Waals surface area contributed by atoms with Gasteiger partial charge in [-0.15, -0.1) is 0 Å². The molecule has 3 aromatic carbocycles. The lowest BCUT2D eigenvalue weighted by Gasteiger charge is -2.34. The zero-order valence-electron chi connectivity index (χ0n) is 18.9. The van der Waals surface area contributed by atoms with Crippen LogP contribution in [0.15, 0.2) is 66.7 Å². The Bertz CT molecular complexity index is 1150. The number of benzene rings is 3. The molecule has 1 unspecified atom stereocenters. The van der Waals surface area contributed by atoms with Gasteiger partial charge in [0.15, 0.2) is 23.3 Å². The van der Waals surface area contributed by atoms with Crippen molar-refractivity contribution in [1.29, 1.82) is 0 Å². The first-order chi connectivity index (χ1) is 16.9. The summed E-state index contributed by atoms with van der Waals surface area (Å²) >= 11 is 0. The van der Waals surface area contributed by atoms with Crippen LogP contribution in [0.4, 0.5) is 28.0 Å². The number of halogens is 4. The first-order valence-corrected chi connectivity index (χ1v) is 11.3. The summed E-state index contributed by atoms with van der Waals surface area (Å²) in [6, 6.07) is 15.9. The van der Waals surface area contributed by atoms with Gasteiger partial charge in [0.2, 0.25) is 0 Å². The zero-order chi connectivity index (χ0) is 24.8. The van der Waals surface area contributed by atoms with E-state index in [4.69, 9.17) is 4.74 Å². The largest absolute Gasteiger partial charge is 0.367 e. The van der Waals surface area contributed by atoms with Gasteiger partial charge in [-0.1, -0.05) is 36.4 Å². The maximum absolute atomic E-state index is 13.8. The number of hydrogen-bond acceptors (Lipinski definition) is 3. The fraction of sp³-hybridized carbons (Fsp3) is 0.269. The molecule has 1 aliphatic heterocycles.